The van der Waals surface area contributed by atoms with Crippen LogP contribution in [-0.4, -0.2) is 173 Å². The number of ether oxygens (including phenoxy) is 3. The van der Waals surface area contributed by atoms with E-state index in [1.54, 1.807) is 58.3 Å². The van der Waals surface area contributed by atoms with E-state index in [4.69, 9.17) is 26.7 Å². The lowest BCUT2D eigenvalue weighted by molar-refractivity contribution is -0.153. The molecule has 2 atom stereocenters. The topological polar surface area (TPSA) is 317 Å². The van der Waals surface area contributed by atoms with Gasteiger partial charge in [0.15, 0.2) is 29.6 Å². The molecular weight excluding hydrogens is 998 g/mol. The van der Waals surface area contributed by atoms with Gasteiger partial charge < -0.3 is 67.0 Å². The highest BCUT2D eigenvalue weighted by atomic mass is 19.4. The number of halogens is 3. The highest BCUT2D eigenvalue weighted by molar-refractivity contribution is 5.98. The van der Waals surface area contributed by atoms with Crippen LogP contribution >= 0.6 is 0 Å². The van der Waals surface area contributed by atoms with Gasteiger partial charge in [0.05, 0.1) is 26.4 Å². The number of carbonyl (C=O) groups excluding carboxylic acids is 5. The largest absolute Gasteiger partial charge is 0.484 e. The third-order valence-electron chi connectivity index (χ3n) is 12.5. The van der Waals surface area contributed by atoms with E-state index in [0.717, 1.165) is 19.4 Å². The van der Waals surface area contributed by atoms with Gasteiger partial charge in [-0.3, -0.25) is 24.0 Å². The number of nitrogens with zero attached hydrogens (tertiary/aromatic N) is 10. The summed E-state index contributed by atoms with van der Waals surface area (Å²) in [4.78, 5) is 78.3. The summed E-state index contributed by atoms with van der Waals surface area (Å²) in [6.45, 7) is 5.16. The molecule has 402 valence electrons. The second kappa shape index (κ2) is 24.8. The summed E-state index contributed by atoms with van der Waals surface area (Å²) in [5.41, 5.74) is 19.3. The molecule has 4 saturated heterocycles. The fourth-order valence-corrected chi connectivity index (χ4v) is 8.58. The smallest absolute Gasteiger partial charge is 0.422 e. The lowest BCUT2D eigenvalue weighted by atomic mass is 10.1. The molecule has 0 spiro atoms. The molecule has 2 aromatic heterocycles. The van der Waals surface area contributed by atoms with Crippen LogP contribution in [0.1, 0.15) is 77.7 Å². The Kier molecular flexibility index (Phi) is 17.6. The molecule has 6 heterocycles. The first-order valence-electron chi connectivity index (χ1n) is 24.5. The number of hydrogen-bond acceptors (Lipinski definition) is 19. The number of aromatic nitrogens is 6. The molecule has 3 aromatic carbocycles. The van der Waals surface area contributed by atoms with E-state index in [2.05, 4.69) is 51.0 Å². The SMILES string of the molecule is NC(=O)c1nnc(N2CCC[C@@H](N)C2)nc1Nc1ccc(C(=O)N2CCOCC2)cc1.NC(=O)c1nnc(N2CCC[C@@H](NC(=O)c3ccc(OCC(F)(F)F)cc3)C2)nc1Nc1ccc(C(=O)N2CCOCC2)cc1. The Bertz CT molecular complexity index is 2840. The van der Waals surface area contributed by atoms with Crippen LogP contribution in [-0.2, 0) is 9.47 Å². The van der Waals surface area contributed by atoms with Crippen molar-refractivity contribution in [3.63, 3.8) is 0 Å². The molecule has 0 unspecified atom stereocenters. The van der Waals surface area contributed by atoms with E-state index < -0.39 is 30.5 Å². The molecule has 0 saturated carbocycles. The first-order valence-corrected chi connectivity index (χ1v) is 24.5. The summed E-state index contributed by atoms with van der Waals surface area (Å²) in [5.74, 6) is -1.21. The molecule has 5 aromatic rings. The number of anilines is 6. The van der Waals surface area contributed by atoms with Crippen LogP contribution in [0.2, 0.25) is 0 Å². The van der Waals surface area contributed by atoms with Gasteiger partial charge in [0.1, 0.15) is 5.75 Å². The number of hydrogen-bond donors (Lipinski definition) is 6. The van der Waals surface area contributed by atoms with E-state index in [1.807, 2.05) is 9.80 Å². The number of alkyl halides is 3. The number of benzene rings is 3. The quantitative estimate of drug-likeness (QED) is 0.0931. The van der Waals surface area contributed by atoms with Crippen LogP contribution in [0.4, 0.5) is 48.1 Å². The third-order valence-corrected chi connectivity index (χ3v) is 12.5. The Morgan fingerprint density at radius 1 is 0.605 bits per heavy atom. The molecule has 0 radical (unpaired) electrons. The molecule has 0 bridgehead atoms. The molecule has 9 N–H and O–H groups in total. The van der Waals surface area contributed by atoms with Gasteiger partial charge in [-0.15, -0.1) is 20.4 Å². The minimum Gasteiger partial charge on any atom is -0.484 e. The summed E-state index contributed by atoms with van der Waals surface area (Å²) in [6, 6.07) is 18.8. The van der Waals surface area contributed by atoms with Crippen molar-refractivity contribution in [1.82, 2.24) is 45.5 Å². The zero-order chi connectivity index (χ0) is 53.8. The van der Waals surface area contributed by atoms with Crippen LogP contribution in [0.15, 0.2) is 72.8 Å². The van der Waals surface area contributed by atoms with Gasteiger partial charge in [-0.2, -0.15) is 23.1 Å². The van der Waals surface area contributed by atoms with Crippen LogP contribution in [0.25, 0.3) is 0 Å². The molecule has 27 heteroatoms. The monoisotopic (exact) mass is 1050 g/mol. The maximum Gasteiger partial charge on any atom is 0.422 e. The van der Waals surface area contributed by atoms with Crippen LogP contribution in [0.3, 0.4) is 0 Å². The van der Waals surface area contributed by atoms with Crippen LogP contribution in [0.5, 0.6) is 5.75 Å². The average Bonchev–Trinajstić information content (AvgIpc) is 3.44. The fourth-order valence-electron chi connectivity index (χ4n) is 8.58. The molecule has 76 heavy (non-hydrogen) atoms. The maximum absolute atomic E-state index is 12.8. The molecule has 9 rings (SSSR count). The number of carbonyl (C=O) groups is 5. The first kappa shape index (κ1) is 54.0. The summed E-state index contributed by atoms with van der Waals surface area (Å²) in [5, 5.41) is 25.2. The van der Waals surface area contributed by atoms with E-state index in [9.17, 15) is 37.1 Å². The second-order valence-corrected chi connectivity index (χ2v) is 18.1. The highest BCUT2D eigenvalue weighted by Crippen LogP contribution is 2.26. The summed E-state index contributed by atoms with van der Waals surface area (Å²) in [7, 11) is 0. The summed E-state index contributed by atoms with van der Waals surface area (Å²) < 4.78 is 52.4. The number of nitrogens with two attached hydrogens (primary N) is 3. The number of amides is 5. The van der Waals surface area contributed by atoms with Crippen molar-refractivity contribution in [3.05, 3.63) is 101 Å². The van der Waals surface area contributed by atoms with E-state index >= 15 is 0 Å². The van der Waals surface area contributed by atoms with Crippen molar-refractivity contribution in [2.24, 2.45) is 17.2 Å². The standard InChI is InChI=1S/C29H31F3N8O5.C20H26N8O3/c30-29(31,32)17-45-22-9-5-18(6-10-22)26(42)35-21-2-1-11-40(16-21)28-36-25(23(24(33)41)37-38-28)34-20-7-3-19(4-8-20)27(43)39-12-14-44-15-13-39;21-14-2-1-7-28(12-14)20-24-18(16(17(22)29)25-26-20)23-15-5-3-13(4-6-15)19(30)27-8-10-31-11-9-27/h3-10,21H,1-2,11-17H2,(H2,33,41)(H,35,42)(H,34,36,38);3-6,14H,1-2,7-12,21H2,(H2,22,29)(H,23,24,26)/t21-;14-/m11/s1. The molecular formula is C49H57F3N16O8. The number of morpholine rings is 2. The second-order valence-electron chi connectivity index (χ2n) is 18.1. The van der Waals surface area contributed by atoms with Crippen molar-refractivity contribution >= 4 is 64.4 Å². The highest BCUT2D eigenvalue weighted by Gasteiger charge is 2.30. The van der Waals surface area contributed by atoms with E-state index in [0.29, 0.717) is 114 Å². The number of primary amides is 2. The molecule has 4 aliphatic rings. The van der Waals surface area contributed by atoms with Gasteiger partial charge in [-0.25, -0.2) is 0 Å². The van der Waals surface area contributed by atoms with Gasteiger partial charge >= 0.3 is 6.18 Å². The predicted octanol–water partition coefficient (Wildman–Crippen LogP) is 2.64. The molecule has 5 amide bonds. The zero-order valence-corrected chi connectivity index (χ0v) is 41.2. The Hall–Kier alpha value is -8.30. The number of rotatable bonds is 14. The van der Waals surface area contributed by atoms with Gasteiger partial charge in [0.2, 0.25) is 11.9 Å². The third kappa shape index (κ3) is 14.5. The molecule has 0 aliphatic carbocycles. The Labute approximate surface area is 433 Å². The molecule has 24 nitrogen and oxygen atoms in total. The first-order chi connectivity index (χ1) is 36.6. The Morgan fingerprint density at radius 2 is 1.05 bits per heavy atom. The van der Waals surface area contributed by atoms with E-state index in [1.165, 1.54) is 24.3 Å². The Morgan fingerprint density at radius 3 is 1.50 bits per heavy atom. The number of nitrogens with one attached hydrogen (secondary N) is 3. The van der Waals surface area contributed by atoms with Gasteiger partial charge in [0.25, 0.3) is 29.5 Å². The van der Waals surface area contributed by atoms with Crippen molar-refractivity contribution < 1.29 is 51.4 Å². The fraction of sp³-hybridized carbons (Fsp3) is 0.408. The van der Waals surface area contributed by atoms with Crippen molar-refractivity contribution in [3.8, 4) is 5.75 Å². The lowest BCUT2D eigenvalue weighted by Gasteiger charge is -2.33. The van der Waals surface area contributed by atoms with Gasteiger partial charge in [-0.05, 0) is 98.5 Å². The van der Waals surface area contributed by atoms with Crippen LogP contribution < -0.4 is 47.7 Å². The van der Waals surface area contributed by atoms with Crippen LogP contribution in [0, 0.1) is 0 Å². The minimum absolute atomic E-state index is 0.00129. The minimum atomic E-state index is -4.46. The van der Waals surface area contributed by atoms with Crippen molar-refractivity contribution in [1.29, 1.82) is 0 Å². The van der Waals surface area contributed by atoms with Crippen molar-refractivity contribution in [2.45, 2.75) is 43.9 Å². The lowest BCUT2D eigenvalue weighted by Crippen LogP contribution is -2.48. The molecule has 4 fully saturated rings. The van der Waals surface area contributed by atoms with E-state index in [-0.39, 0.29) is 64.2 Å². The Balaban J connectivity index is 0.000000215. The maximum atomic E-state index is 12.8. The zero-order valence-electron chi connectivity index (χ0n) is 41.2. The van der Waals surface area contributed by atoms with Crippen molar-refractivity contribution in [2.75, 3.05) is 106 Å². The summed E-state index contributed by atoms with van der Waals surface area (Å²) >= 11 is 0. The molecule has 4 aliphatic heterocycles. The summed E-state index contributed by atoms with van der Waals surface area (Å²) in [6.07, 6.45) is -1.22. The number of piperidine rings is 2. The predicted molar refractivity (Wildman–Crippen MR) is 270 cm³/mol. The van der Waals surface area contributed by atoms with Gasteiger partial charge in [0, 0.05) is 92.5 Å². The normalized spacial score (nSPS) is 17.9. The van der Waals surface area contributed by atoms with Gasteiger partial charge in [-0.1, -0.05) is 0 Å². The average molecular weight is 1060 g/mol.